The molecule has 6 nitrogen and oxygen atoms in total. The Kier molecular flexibility index (Phi) is 7.49. The molecule has 0 unspecified atom stereocenters. The highest BCUT2D eigenvalue weighted by Crippen LogP contribution is 2.38. The number of hydrogen-bond donors (Lipinski definition) is 2. The van der Waals surface area contributed by atoms with E-state index in [9.17, 15) is 9.59 Å². The van der Waals surface area contributed by atoms with Gasteiger partial charge in [-0.1, -0.05) is 44.9 Å². The van der Waals surface area contributed by atoms with E-state index in [1.54, 1.807) is 11.9 Å². The van der Waals surface area contributed by atoms with Gasteiger partial charge in [0.2, 0.25) is 5.96 Å². The van der Waals surface area contributed by atoms with Crippen molar-refractivity contribution in [3.63, 3.8) is 0 Å². The van der Waals surface area contributed by atoms with Gasteiger partial charge in [0.15, 0.2) is 0 Å². The highest BCUT2D eigenvalue weighted by Gasteiger charge is 2.49. The number of aldehydes is 1. The van der Waals surface area contributed by atoms with Crippen LogP contribution in [0.3, 0.4) is 0 Å². The summed E-state index contributed by atoms with van der Waals surface area (Å²) in [4.78, 5) is 30.1. The summed E-state index contributed by atoms with van der Waals surface area (Å²) < 4.78 is 0. The van der Waals surface area contributed by atoms with Crippen LogP contribution in [0.1, 0.15) is 77.0 Å². The van der Waals surface area contributed by atoms with Crippen LogP contribution in [0.2, 0.25) is 0 Å². The van der Waals surface area contributed by atoms with Crippen molar-refractivity contribution in [2.75, 3.05) is 20.6 Å². The predicted octanol–water partition coefficient (Wildman–Crippen LogP) is 2.87. The van der Waals surface area contributed by atoms with Gasteiger partial charge in [-0.2, -0.15) is 0 Å². The fourth-order valence-corrected chi connectivity index (χ4v) is 5.68. The van der Waals surface area contributed by atoms with Gasteiger partial charge in [-0.15, -0.1) is 0 Å². The Morgan fingerprint density at radius 2 is 1.93 bits per heavy atom. The molecule has 3 rings (SSSR count). The monoisotopic (exact) mass is 390 g/mol. The Morgan fingerprint density at radius 3 is 2.61 bits per heavy atom. The topological polar surface area (TPSA) is 73.8 Å². The summed E-state index contributed by atoms with van der Waals surface area (Å²) in [6.45, 7) is 0.427. The van der Waals surface area contributed by atoms with Crippen LogP contribution in [0.15, 0.2) is 4.99 Å². The largest absolute Gasteiger partial charge is 0.341 e. The summed E-state index contributed by atoms with van der Waals surface area (Å²) in [6.07, 6.45) is 15.0. The van der Waals surface area contributed by atoms with Crippen molar-refractivity contribution >= 4 is 18.2 Å². The fourth-order valence-electron chi connectivity index (χ4n) is 5.68. The highest BCUT2D eigenvalue weighted by molar-refractivity contribution is 6.08. The van der Waals surface area contributed by atoms with Crippen LogP contribution in [0, 0.1) is 11.8 Å². The van der Waals surface area contributed by atoms with E-state index < -0.39 is 5.54 Å². The molecule has 2 N–H and O–H groups in total. The first-order valence-electron chi connectivity index (χ1n) is 11.3. The van der Waals surface area contributed by atoms with Crippen molar-refractivity contribution in [3.05, 3.63) is 0 Å². The first-order valence-corrected chi connectivity index (χ1v) is 11.3. The minimum Gasteiger partial charge on any atom is -0.341 e. The van der Waals surface area contributed by atoms with E-state index in [0.29, 0.717) is 24.5 Å². The number of amides is 1. The molecule has 0 radical (unpaired) electrons. The van der Waals surface area contributed by atoms with Gasteiger partial charge in [-0.05, 0) is 43.9 Å². The van der Waals surface area contributed by atoms with Gasteiger partial charge in [-0.25, -0.2) is 0 Å². The Labute approximate surface area is 169 Å². The lowest BCUT2D eigenvalue weighted by Gasteiger charge is -2.36. The number of rotatable bonds is 8. The summed E-state index contributed by atoms with van der Waals surface area (Å²) >= 11 is 0. The molecule has 1 saturated heterocycles. The molecule has 3 atom stereocenters. The normalized spacial score (nSPS) is 33.3. The van der Waals surface area contributed by atoms with Gasteiger partial charge >= 0.3 is 0 Å². The molecule has 158 valence electrons. The third kappa shape index (κ3) is 4.94. The van der Waals surface area contributed by atoms with Crippen LogP contribution in [0.25, 0.3) is 0 Å². The smallest absolute Gasteiger partial charge is 0.254 e. The third-order valence-electron chi connectivity index (χ3n) is 7.21. The summed E-state index contributed by atoms with van der Waals surface area (Å²) in [7, 11) is 3.60. The van der Waals surface area contributed by atoms with Gasteiger partial charge in [0.25, 0.3) is 5.91 Å². The lowest BCUT2D eigenvalue weighted by atomic mass is 9.74. The summed E-state index contributed by atoms with van der Waals surface area (Å²) in [5.41, 5.74) is -0.502. The van der Waals surface area contributed by atoms with Gasteiger partial charge < -0.3 is 15.4 Å². The van der Waals surface area contributed by atoms with E-state index in [4.69, 9.17) is 0 Å². The maximum absolute atomic E-state index is 13.3. The first kappa shape index (κ1) is 21.3. The molecule has 0 aromatic rings. The predicted molar refractivity (Wildman–Crippen MR) is 112 cm³/mol. The van der Waals surface area contributed by atoms with Crippen molar-refractivity contribution in [1.82, 2.24) is 15.5 Å². The molecular weight excluding hydrogens is 352 g/mol. The number of guanidine groups is 1. The molecule has 1 aliphatic heterocycles. The quantitative estimate of drug-likeness (QED) is 0.625. The Balaban J connectivity index is 1.69. The molecular formula is C22H38N4O2. The van der Waals surface area contributed by atoms with Crippen LogP contribution in [0.5, 0.6) is 0 Å². The molecule has 1 amide bonds. The number of likely N-dealkylation sites (N-methyl/N-ethyl adjacent to an activating group) is 1. The summed E-state index contributed by atoms with van der Waals surface area (Å²) in [5, 5.41) is 6.90. The van der Waals surface area contributed by atoms with Crippen LogP contribution in [0.4, 0.5) is 0 Å². The fraction of sp³-hybridized carbons (Fsp3) is 0.864. The second-order valence-electron chi connectivity index (χ2n) is 9.17. The Morgan fingerprint density at radius 1 is 1.18 bits per heavy atom. The first-order chi connectivity index (χ1) is 13.6. The van der Waals surface area contributed by atoms with Crippen molar-refractivity contribution in [3.8, 4) is 0 Å². The maximum atomic E-state index is 13.3. The van der Waals surface area contributed by atoms with Crippen LogP contribution in [-0.4, -0.2) is 55.3 Å². The van der Waals surface area contributed by atoms with E-state index in [0.717, 1.165) is 44.3 Å². The average molecular weight is 391 g/mol. The lowest BCUT2D eigenvalue weighted by Crippen LogP contribution is -2.50. The van der Waals surface area contributed by atoms with Crippen molar-refractivity contribution < 1.29 is 9.59 Å². The summed E-state index contributed by atoms with van der Waals surface area (Å²) in [5.74, 6) is 2.17. The molecule has 2 aliphatic carbocycles. The van der Waals surface area contributed by atoms with Crippen molar-refractivity contribution in [2.45, 2.75) is 88.6 Å². The number of carbonyl (C=O) groups excluding carboxylic acids is 2. The molecule has 6 heteroatoms. The molecule has 0 aromatic heterocycles. The molecule has 2 saturated carbocycles. The number of aliphatic imine (C=N–C) groups is 1. The van der Waals surface area contributed by atoms with Crippen LogP contribution >= 0.6 is 0 Å². The summed E-state index contributed by atoms with van der Waals surface area (Å²) in [6, 6.07) is 0.396. The lowest BCUT2D eigenvalue weighted by molar-refractivity contribution is -0.131. The second kappa shape index (κ2) is 9.86. The van der Waals surface area contributed by atoms with E-state index in [1.807, 2.05) is 7.05 Å². The third-order valence-corrected chi connectivity index (χ3v) is 7.21. The number of hydrogen-bond acceptors (Lipinski definition) is 4. The minimum atomic E-state index is -0.502. The van der Waals surface area contributed by atoms with Gasteiger partial charge in [0.1, 0.15) is 11.8 Å². The van der Waals surface area contributed by atoms with Gasteiger partial charge in [-0.3, -0.25) is 14.7 Å². The molecule has 0 bridgehead atoms. The molecule has 1 heterocycles. The molecule has 28 heavy (non-hydrogen) atoms. The SMILES string of the molecule is CN=C1N[C@](CCC2CCCCC2)(C[C@H]2CCC[C@@H](NCC=O)C2)C(=O)N1C. The standard InChI is InChI=1S/C22H38N4O2/c1-23-21-25-22(20(28)26(21)2,12-11-17-7-4-3-5-8-17)16-18-9-6-10-19(15-18)24-13-14-27/h14,17-19,24H,3-13,15-16H2,1-2H3,(H,23,25)/t18-,19+,22+/m0/s1. The molecule has 3 fully saturated rings. The zero-order valence-corrected chi connectivity index (χ0v) is 17.7. The van der Waals surface area contributed by atoms with E-state index in [1.165, 1.54) is 44.9 Å². The Bertz CT molecular complexity index is 573. The number of nitrogens with zero attached hydrogens (tertiary/aromatic N) is 2. The van der Waals surface area contributed by atoms with Gasteiger partial charge in [0, 0.05) is 20.1 Å². The second-order valence-corrected chi connectivity index (χ2v) is 9.17. The number of carbonyl (C=O) groups is 2. The van der Waals surface area contributed by atoms with Crippen molar-refractivity contribution in [1.29, 1.82) is 0 Å². The molecule has 0 aromatic carbocycles. The van der Waals surface area contributed by atoms with Crippen LogP contribution in [-0.2, 0) is 9.59 Å². The molecule has 0 spiro atoms. The average Bonchev–Trinajstić information content (AvgIpc) is 2.97. The van der Waals surface area contributed by atoms with Crippen molar-refractivity contribution in [2.24, 2.45) is 16.8 Å². The van der Waals surface area contributed by atoms with Crippen LogP contribution < -0.4 is 10.6 Å². The Hall–Kier alpha value is -1.43. The minimum absolute atomic E-state index is 0.187. The van der Waals surface area contributed by atoms with E-state index >= 15 is 0 Å². The zero-order valence-electron chi connectivity index (χ0n) is 17.7. The van der Waals surface area contributed by atoms with E-state index in [-0.39, 0.29) is 5.91 Å². The maximum Gasteiger partial charge on any atom is 0.254 e. The number of nitrogens with one attached hydrogen (secondary N) is 2. The molecule has 3 aliphatic rings. The van der Waals surface area contributed by atoms with E-state index in [2.05, 4.69) is 15.6 Å². The van der Waals surface area contributed by atoms with Gasteiger partial charge in [0.05, 0.1) is 6.54 Å². The highest BCUT2D eigenvalue weighted by atomic mass is 16.2. The zero-order chi connectivity index (χ0) is 20.0.